The molecule has 0 aromatic carbocycles. The van der Waals surface area contributed by atoms with Crippen LogP contribution in [0.3, 0.4) is 0 Å². The molecule has 1 saturated heterocycles. The maximum atomic E-state index is 12.5. The normalized spacial score (nSPS) is 26.2. The lowest BCUT2D eigenvalue weighted by Gasteiger charge is -2.40. The van der Waals surface area contributed by atoms with Crippen molar-refractivity contribution in [3.05, 3.63) is 12.2 Å². The van der Waals surface area contributed by atoms with Crippen molar-refractivity contribution in [2.24, 2.45) is 0 Å². The van der Waals surface area contributed by atoms with Crippen LogP contribution >= 0.6 is 0 Å². The number of carbonyl (C=O) groups is 1. The van der Waals surface area contributed by atoms with Crippen molar-refractivity contribution in [2.75, 3.05) is 13.2 Å². The highest BCUT2D eigenvalue weighted by Gasteiger charge is 2.44. The zero-order valence-corrected chi connectivity index (χ0v) is 22.3. The number of rotatable bonds is 20. The molecule has 7 unspecified atom stereocenters. The molecule has 0 radical (unpaired) electrons. The number of aliphatic hydroxyl groups excluding tert-OH is 5. The quantitative estimate of drug-likeness (QED) is 0.106. The predicted molar refractivity (Wildman–Crippen MR) is 138 cm³/mol. The van der Waals surface area contributed by atoms with E-state index in [1.807, 2.05) is 6.08 Å². The largest absolute Gasteiger partial charge is 0.394 e. The summed E-state index contributed by atoms with van der Waals surface area (Å²) >= 11 is 0. The summed E-state index contributed by atoms with van der Waals surface area (Å²) < 4.78 is 11.0. The van der Waals surface area contributed by atoms with Crippen molar-refractivity contribution in [3.63, 3.8) is 0 Å². The van der Waals surface area contributed by atoms with E-state index < -0.39 is 49.5 Å². The van der Waals surface area contributed by atoms with Crippen molar-refractivity contribution >= 4 is 5.91 Å². The monoisotopic (exact) mass is 517 g/mol. The Morgan fingerprint density at radius 2 is 1.53 bits per heavy atom. The van der Waals surface area contributed by atoms with Gasteiger partial charge in [0.25, 0.3) is 0 Å². The van der Waals surface area contributed by atoms with Crippen LogP contribution in [-0.4, -0.2) is 87.5 Å². The third-order valence-electron chi connectivity index (χ3n) is 6.61. The first-order valence-corrected chi connectivity index (χ1v) is 13.9. The van der Waals surface area contributed by atoms with Crippen LogP contribution in [0.4, 0.5) is 0 Å². The average Bonchev–Trinajstić information content (AvgIpc) is 2.87. The number of amides is 1. The molecule has 0 aromatic heterocycles. The van der Waals surface area contributed by atoms with E-state index >= 15 is 0 Å². The number of nitrogens with one attached hydrogen (secondary N) is 1. The van der Waals surface area contributed by atoms with Crippen LogP contribution in [0.25, 0.3) is 0 Å². The molecule has 1 amide bonds. The minimum absolute atomic E-state index is 0.188. The Morgan fingerprint density at radius 3 is 2.17 bits per heavy atom. The summed E-state index contributed by atoms with van der Waals surface area (Å²) in [6.07, 6.45) is 8.80. The summed E-state index contributed by atoms with van der Waals surface area (Å²) in [5.41, 5.74) is 0. The van der Waals surface area contributed by atoms with E-state index in [1.165, 1.54) is 32.1 Å². The summed E-state index contributed by atoms with van der Waals surface area (Å²) in [7, 11) is 0. The Hall–Kier alpha value is -1.07. The lowest BCUT2D eigenvalue weighted by molar-refractivity contribution is -0.302. The fourth-order valence-corrected chi connectivity index (χ4v) is 4.21. The molecule has 1 rings (SSSR count). The van der Waals surface area contributed by atoms with E-state index in [2.05, 4.69) is 19.2 Å². The second-order valence-corrected chi connectivity index (χ2v) is 9.84. The predicted octanol–water partition coefficient (Wildman–Crippen LogP) is 2.32. The fraction of sp³-hybridized carbons (Fsp3) is 0.889. The van der Waals surface area contributed by atoms with Crippen molar-refractivity contribution < 1.29 is 39.8 Å². The van der Waals surface area contributed by atoms with Crippen molar-refractivity contribution in [1.82, 2.24) is 5.32 Å². The summed E-state index contributed by atoms with van der Waals surface area (Å²) in [6.45, 7) is 3.58. The van der Waals surface area contributed by atoms with E-state index in [4.69, 9.17) is 9.47 Å². The first-order valence-electron chi connectivity index (χ1n) is 13.9. The third-order valence-corrected chi connectivity index (χ3v) is 6.61. The number of aliphatic hydroxyl groups is 5. The Labute approximate surface area is 216 Å². The van der Waals surface area contributed by atoms with Crippen LogP contribution in [-0.2, 0) is 14.3 Å². The van der Waals surface area contributed by atoms with Gasteiger partial charge in [-0.15, -0.1) is 0 Å². The van der Waals surface area contributed by atoms with Crippen molar-refractivity contribution in [1.29, 1.82) is 0 Å². The van der Waals surface area contributed by atoms with Gasteiger partial charge in [-0.1, -0.05) is 83.8 Å². The van der Waals surface area contributed by atoms with Crippen LogP contribution in [0.1, 0.15) is 97.3 Å². The van der Waals surface area contributed by atoms with E-state index in [9.17, 15) is 30.3 Å². The van der Waals surface area contributed by atoms with Gasteiger partial charge in [0.1, 0.15) is 24.4 Å². The standard InChI is InChI=1S/C27H51NO8/c1-3-5-7-9-11-12-14-16-21(30)20(28-23(31)17-15-13-10-8-6-4-2)19-35-27-26(34)25(33)24(32)22(18-29)36-27/h14,16,20-22,24-27,29-30,32-34H,3-13,15,17-19H2,1-2H3,(H,28,31)/b16-14+. The minimum Gasteiger partial charge on any atom is -0.394 e. The molecule has 1 aliphatic rings. The minimum atomic E-state index is -1.56. The molecule has 1 heterocycles. The number of carbonyl (C=O) groups excluding carboxylic acids is 1. The molecule has 0 aliphatic carbocycles. The van der Waals surface area contributed by atoms with Crippen LogP contribution in [0.2, 0.25) is 0 Å². The molecular weight excluding hydrogens is 466 g/mol. The zero-order chi connectivity index (χ0) is 26.8. The van der Waals surface area contributed by atoms with Crippen LogP contribution in [0, 0.1) is 0 Å². The second-order valence-electron chi connectivity index (χ2n) is 9.84. The van der Waals surface area contributed by atoms with Gasteiger partial charge in [0.2, 0.25) is 5.91 Å². The molecule has 1 fully saturated rings. The summed E-state index contributed by atoms with van der Waals surface area (Å²) in [5, 5.41) is 53.1. The Bertz CT molecular complexity index is 588. The summed E-state index contributed by atoms with van der Waals surface area (Å²) in [4.78, 5) is 12.5. The second kappa shape index (κ2) is 20.0. The number of unbranched alkanes of at least 4 members (excludes halogenated alkanes) is 10. The van der Waals surface area contributed by atoms with Gasteiger partial charge in [0.15, 0.2) is 6.29 Å². The molecular formula is C27H51NO8. The molecule has 7 atom stereocenters. The summed E-state index contributed by atoms with van der Waals surface area (Å²) in [6, 6.07) is -0.790. The van der Waals surface area contributed by atoms with E-state index in [-0.39, 0.29) is 12.5 Å². The van der Waals surface area contributed by atoms with E-state index in [1.54, 1.807) is 6.08 Å². The molecule has 9 nitrogen and oxygen atoms in total. The Kier molecular flexibility index (Phi) is 18.3. The first kappa shape index (κ1) is 33.0. The molecule has 0 saturated carbocycles. The molecule has 36 heavy (non-hydrogen) atoms. The van der Waals surface area contributed by atoms with Gasteiger partial charge in [0.05, 0.1) is 25.4 Å². The van der Waals surface area contributed by atoms with Gasteiger partial charge in [0, 0.05) is 6.42 Å². The van der Waals surface area contributed by atoms with Crippen LogP contribution < -0.4 is 5.32 Å². The van der Waals surface area contributed by atoms with Gasteiger partial charge in [-0.2, -0.15) is 0 Å². The molecule has 6 N–H and O–H groups in total. The first-order chi connectivity index (χ1) is 17.3. The molecule has 0 spiro atoms. The van der Waals surface area contributed by atoms with Gasteiger partial charge in [-0.3, -0.25) is 4.79 Å². The van der Waals surface area contributed by atoms with Crippen LogP contribution in [0.5, 0.6) is 0 Å². The molecule has 9 heteroatoms. The Morgan fingerprint density at radius 1 is 0.917 bits per heavy atom. The fourth-order valence-electron chi connectivity index (χ4n) is 4.21. The van der Waals surface area contributed by atoms with Gasteiger partial charge >= 0.3 is 0 Å². The van der Waals surface area contributed by atoms with Gasteiger partial charge in [-0.05, 0) is 19.3 Å². The zero-order valence-electron chi connectivity index (χ0n) is 22.3. The lowest BCUT2D eigenvalue weighted by Crippen LogP contribution is -2.60. The van der Waals surface area contributed by atoms with Crippen LogP contribution in [0.15, 0.2) is 12.2 Å². The number of hydrogen-bond donors (Lipinski definition) is 6. The van der Waals surface area contributed by atoms with Gasteiger partial charge < -0.3 is 40.3 Å². The van der Waals surface area contributed by atoms with Crippen molar-refractivity contribution in [3.8, 4) is 0 Å². The van der Waals surface area contributed by atoms with E-state index in [0.717, 1.165) is 44.9 Å². The smallest absolute Gasteiger partial charge is 0.220 e. The molecule has 0 bridgehead atoms. The summed E-state index contributed by atoms with van der Waals surface area (Å²) in [5.74, 6) is -0.195. The highest BCUT2D eigenvalue weighted by atomic mass is 16.7. The molecule has 0 aromatic rings. The highest BCUT2D eigenvalue weighted by Crippen LogP contribution is 2.22. The molecule has 212 valence electrons. The Balaban J connectivity index is 2.65. The maximum Gasteiger partial charge on any atom is 0.220 e. The number of hydrogen-bond acceptors (Lipinski definition) is 8. The van der Waals surface area contributed by atoms with Crippen molar-refractivity contribution in [2.45, 2.75) is 140 Å². The average molecular weight is 518 g/mol. The third kappa shape index (κ3) is 12.9. The maximum absolute atomic E-state index is 12.5. The topological polar surface area (TPSA) is 149 Å². The number of allylic oxidation sites excluding steroid dienone is 1. The molecule has 1 aliphatic heterocycles. The van der Waals surface area contributed by atoms with Gasteiger partial charge in [-0.25, -0.2) is 0 Å². The lowest BCUT2D eigenvalue weighted by atomic mass is 9.99. The SMILES string of the molecule is CCCCCCC/C=C/C(O)C(COC1OC(CO)C(O)C(O)C1O)NC(=O)CCCCCCCC. The number of ether oxygens (including phenoxy) is 2. The highest BCUT2D eigenvalue weighted by molar-refractivity contribution is 5.76. The van der Waals surface area contributed by atoms with E-state index in [0.29, 0.717) is 6.42 Å².